The van der Waals surface area contributed by atoms with Crippen LogP contribution in [0.2, 0.25) is 0 Å². The molecule has 0 bridgehead atoms. The first-order valence-electron chi connectivity index (χ1n) is 5.69. The maximum Gasteiger partial charge on any atom is 0.288 e. The van der Waals surface area contributed by atoms with Crippen LogP contribution < -0.4 is 5.32 Å². The third kappa shape index (κ3) is 3.99. The number of carbonyl (C=O) groups excluding carboxylic acids is 1. The van der Waals surface area contributed by atoms with Gasteiger partial charge in [-0.2, -0.15) is 8.78 Å². The lowest BCUT2D eigenvalue weighted by atomic mass is 10.3. The first kappa shape index (κ1) is 14.4. The predicted molar refractivity (Wildman–Crippen MR) is 73.0 cm³/mol. The van der Waals surface area contributed by atoms with Crippen LogP contribution in [0.5, 0.6) is 0 Å². The van der Waals surface area contributed by atoms with Crippen molar-refractivity contribution in [2.45, 2.75) is 17.6 Å². The van der Waals surface area contributed by atoms with Gasteiger partial charge in [-0.1, -0.05) is 11.8 Å². The van der Waals surface area contributed by atoms with Crippen molar-refractivity contribution < 1.29 is 13.6 Å². The molecule has 1 aromatic heterocycles. The number of aromatic nitrogens is 2. The van der Waals surface area contributed by atoms with Crippen molar-refractivity contribution in [3.8, 4) is 0 Å². The minimum atomic E-state index is -2.46. The Labute approximate surface area is 118 Å². The van der Waals surface area contributed by atoms with Gasteiger partial charge in [0.15, 0.2) is 0 Å². The number of amides is 1. The molecule has 1 heterocycles. The number of benzene rings is 1. The third-order valence-electron chi connectivity index (χ3n) is 2.35. The second-order valence-corrected chi connectivity index (χ2v) is 4.96. The zero-order valence-corrected chi connectivity index (χ0v) is 11.3. The molecule has 20 heavy (non-hydrogen) atoms. The maximum absolute atomic E-state index is 12.2. The van der Waals surface area contributed by atoms with E-state index < -0.39 is 11.7 Å². The molecule has 0 saturated carbocycles. The van der Waals surface area contributed by atoms with Crippen LogP contribution in [0.4, 0.5) is 14.5 Å². The number of anilines is 1. The molecule has 0 aliphatic rings. The Morgan fingerprint density at radius 1 is 1.20 bits per heavy atom. The minimum Gasteiger partial charge on any atom is -0.321 e. The molecule has 0 aliphatic heterocycles. The van der Waals surface area contributed by atoms with E-state index in [0.29, 0.717) is 22.3 Å². The number of nitrogens with zero attached hydrogens (tertiary/aromatic N) is 2. The fraction of sp³-hybridized carbons (Fsp3) is 0.154. The summed E-state index contributed by atoms with van der Waals surface area (Å²) in [6, 6.07) is 6.16. The van der Waals surface area contributed by atoms with Crippen molar-refractivity contribution in [2.75, 3.05) is 5.32 Å². The molecule has 0 unspecified atom stereocenters. The number of hydrogen-bond donors (Lipinski definition) is 1. The lowest BCUT2D eigenvalue weighted by Crippen LogP contribution is -2.14. The van der Waals surface area contributed by atoms with Crippen molar-refractivity contribution in [1.29, 1.82) is 0 Å². The van der Waals surface area contributed by atoms with Gasteiger partial charge in [-0.05, 0) is 31.2 Å². The van der Waals surface area contributed by atoms with Gasteiger partial charge < -0.3 is 5.32 Å². The smallest absolute Gasteiger partial charge is 0.288 e. The predicted octanol–water partition coefficient (Wildman–Crippen LogP) is 3.35. The van der Waals surface area contributed by atoms with E-state index in [0.717, 1.165) is 5.69 Å². The molecule has 7 heteroatoms. The number of aryl methyl sites for hydroxylation is 1. The van der Waals surface area contributed by atoms with E-state index in [2.05, 4.69) is 15.3 Å². The van der Waals surface area contributed by atoms with Gasteiger partial charge in [0.25, 0.3) is 11.7 Å². The summed E-state index contributed by atoms with van der Waals surface area (Å²) in [5, 5.41) is 2.62. The highest BCUT2D eigenvalue weighted by Gasteiger charge is 2.09. The maximum atomic E-state index is 12.2. The van der Waals surface area contributed by atoms with E-state index in [1.807, 2.05) is 0 Å². The summed E-state index contributed by atoms with van der Waals surface area (Å²) in [7, 11) is 0. The Morgan fingerprint density at radius 2 is 1.90 bits per heavy atom. The van der Waals surface area contributed by atoms with Crippen LogP contribution in [-0.4, -0.2) is 21.6 Å². The number of rotatable bonds is 4. The highest BCUT2D eigenvalue weighted by Crippen LogP contribution is 2.26. The van der Waals surface area contributed by atoms with Gasteiger partial charge in [0, 0.05) is 16.8 Å². The second kappa shape index (κ2) is 6.42. The van der Waals surface area contributed by atoms with E-state index >= 15 is 0 Å². The van der Waals surface area contributed by atoms with Gasteiger partial charge in [0.2, 0.25) is 0 Å². The van der Waals surface area contributed by atoms with Crippen LogP contribution in [0.25, 0.3) is 0 Å². The van der Waals surface area contributed by atoms with Crippen molar-refractivity contribution in [2.24, 2.45) is 0 Å². The SMILES string of the molecule is Cc1cnc(C(=O)Nc2ccc(SC(F)F)cc2)cn1. The monoisotopic (exact) mass is 295 g/mol. The van der Waals surface area contributed by atoms with Gasteiger partial charge in [-0.15, -0.1) is 0 Å². The summed E-state index contributed by atoms with van der Waals surface area (Å²) < 4.78 is 24.3. The van der Waals surface area contributed by atoms with Crippen LogP contribution in [0.3, 0.4) is 0 Å². The fourth-order valence-corrected chi connectivity index (χ4v) is 1.92. The van der Waals surface area contributed by atoms with Gasteiger partial charge in [0.05, 0.1) is 11.9 Å². The molecule has 1 N–H and O–H groups in total. The van der Waals surface area contributed by atoms with E-state index in [4.69, 9.17) is 0 Å². The third-order valence-corrected chi connectivity index (χ3v) is 3.07. The van der Waals surface area contributed by atoms with Crippen LogP contribution in [-0.2, 0) is 0 Å². The molecule has 1 amide bonds. The molecule has 1 aromatic carbocycles. The largest absolute Gasteiger partial charge is 0.321 e. The molecule has 104 valence electrons. The first-order valence-corrected chi connectivity index (χ1v) is 6.57. The zero-order valence-electron chi connectivity index (χ0n) is 10.5. The molecule has 0 radical (unpaired) electrons. The van der Waals surface area contributed by atoms with Gasteiger partial charge in [0.1, 0.15) is 5.69 Å². The molecule has 0 saturated heterocycles. The fourth-order valence-electron chi connectivity index (χ4n) is 1.42. The second-order valence-electron chi connectivity index (χ2n) is 3.90. The van der Waals surface area contributed by atoms with Crippen molar-refractivity contribution >= 4 is 23.4 Å². The zero-order chi connectivity index (χ0) is 14.5. The Kier molecular flexibility index (Phi) is 4.62. The number of thioether (sulfide) groups is 1. The van der Waals surface area contributed by atoms with Gasteiger partial charge in [-0.25, -0.2) is 4.98 Å². The van der Waals surface area contributed by atoms with Gasteiger partial charge in [-0.3, -0.25) is 9.78 Å². The van der Waals surface area contributed by atoms with Crippen LogP contribution in [0.1, 0.15) is 16.2 Å². The molecular weight excluding hydrogens is 284 g/mol. The van der Waals surface area contributed by atoms with Crippen LogP contribution in [0.15, 0.2) is 41.6 Å². The van der Waals surface area contributed by atoms with E-state index in [1.165, 1.54) is 24.5 Å². The molecule has 0 atom stereocenters. The Balaban J connectivity index is 2.02. The summed E-state index contributed by atoms with van der Waals surface area (Å²) in [6.45, 7) is 1.77. The number of hydrogen-bond acceptors (Lipinski definition) is 4. The lowest BCUT2D eigenvalue weighted by Gasteiger charge is -2.06. The highest BCUT2D eigenvalue weighted by atomic mass is 32.2. The Morgan fingerprint density at radius 3 is 2.45 bits per heavy atom. The number of halogens is 2. The molecule has 2 rings (SSSR count). The topological polar surface area (TPSA) is 54.9 Å². The summed E-state index contributed by atoms with van der Waals surface area (Å²) in [4.78, 5) is 20.2. The Bertz CT molecular complexity index is 588. The summed E-state index contributed by atoms with van der Waals surface area (Å²) in [5.41, 5.74) is 1.42. The lowest BCUT2D eigenvalue weighted by molar-refractivity contribution is 0.102. The molecular formula is C13H11F2N3OS. The minimum absolute atomic E-state index is 0.196. The van der Waals surface area contributed by atoms with E-state index in [1.54, 1.807) is 19.1 Å². The number of alkyl halides is 2. The quantitative estimate of drug-likeness (QED) is 0.879. The van der Waals surface area contributed by atoms with E-state index in [9.17, 15) is 13.6 Å². The summed E-state index contributed by atoms with van der Waals surface area (Å²) in [6.07, 6.45) is 2.88. The molecule has 0 aliphatic carbocycles. The summed E-state index contributed by atoms with van der Waals surface area (Å²) in [5.74, 6) is -2.86. The molecule has 0 fully saturated rings. The van der Waals surface area contributed by atoms with Crippen LogP contribution in [0, 0.1) is 6.92 Å². The normalized spacial score (nSPS) is 10.6. The Hall–Kier alpha value is -2.02. The van der Waals surface area contributed by atoms with E-state index in [-0.39, 0.29) is 5.69 Å². The first-order chi connectivity index (χ1) is 9.54. The molecule has 4 nitrogen and oxygen atoms in total. The van der Waals surface area contributed by atoms with Crippen LogP contribution >= 0.6 is 11.8 Å². The standard InChI is InChI=1S/C13H11F2N3OS/c1-8-6-17-11(7-16-8)12(19)18-9-2-4-10(5-3-9)20-13(14)15/h2-7,13H,1H3,(H,18,19). The van der Waals surface area contributed by atoms with Crippen molar-refractivity contribution in [1.82, 2.24) is 9.97 Å². The van der Waals surface area contributed by atoms with Gasteiger partial charge >= 0.3 is 0 Å². The molecule has 2 aromatic rings. The average molecular weight is 295 g/mol. The van der Waals surface area contributed by atoms with Crippen molar-refractivity contribution in [3.63, 3.8) is 0 Å². The molecule has 0 spiro atoms. The highest BCUT2D eigenvalue weighted by molar-refractivity contribution is 7.99. The number of nitrogens with one attached hydrogen (secondary N) is 1. The van der Waals surface area contributed by atoms with Crippen molar-refractivity contribution in [3.05, 3.63) is 48.0 Å². The number of carbonyl (C=O) groups is 1. The average Bonchev–Trinajstić information content (AvgIpc) is 2.41. The summed E-state index contributed by atoms with van der Waals surface area (Å²) >= 11 is 0.456.